The number of ether oxygens (including phenoxy) is 2. The number of amides is 1. The summed E-state index contributed by atoms with van der Waals surface area (Å²) in [5, 5.41) is 0. The number of hydrogen-bond acceptors (Lipinski definition) is 4. The molecule has 0 saturated carbocycles. The Morgan fingerprint density at radius 2 is 1.77 bits per heavy atom. The fraction of sp³-hybridized carbons (Fsp3) is 0.333. The molecule has 0 aliphatic carbocycles. The maximum absolute atomic E-state index is 12.9. The number of likely N-dealkylation sites (tertiary alicyclic amines) is 1. The van der Waals surface area contributed by atoms with Crippen molar-refractivity contribution in [1.82, 2.24) is 4.90 Å². The lowest BCUT2D eigenvalue weighted by atomic mass is 10.0. The Kier molecular flexibility index (Phi) is 5.26. The van der Waals surface area contributed by atoms with Gasteiger partial charge in [-0.25, -0.2) is 0 Å². The first-order valence-electron chi connectivity index (χ1n) is 8.69. The van der Waals surface area contributed by atoms with Gasteiger partial charge in [0.1, 0.15) is 11.5 Å². The molecular formula is C21H23NO4. The maximum atomic E-state index is 12.9. The van der Waals surface area contributed by atoms with Crippen molar-refractivity contribution in [3.05, 3.63) is 59.2 Å². The van der Waals surface area contributed by atoms with Crippen molar-refractivity contribution < 1.29 is 19.1 Å². The molecular weight excluding hydrogens is 330 g/mol. The predicted molar refractivity (Wildman–Crippen MR) is 98.7 cm³/mol. The van der Waals surface area contributed by atoms with Crippen LogP contribution < -0.4 is 9.47 Å². The quantitative estimate of drug-likeness (QED) is 0.609. The van der Waals surface area contributed by atoms with E-state index >= 15 is 0 Å². The second-order valence-electron chi connectivity index (χ2n) is 6.46. The van der Waals surface area contributed by atoms with Crippen LogP contribution in [0.2, 0.25) is 0 Å². The summed E-state index contributed by atoms with van der Waals surface area (Å²) in [6.07, 6.45) is 1.63. The van der Waals surface area contributed by atoms with E-state index in [1.165, 1.54) is 0 Å². The second-order valence-corrected chi connectivity index (χ2v) is 6.46. The standard InChI is InChI=1S/C21H23NO4/c1-14-6-8-15(9-7-14)20(23)21(24)22-12-4-5-18(22)17-13-16(25-2)10-11-19(17)26-3/h6-11,13,18H,4-5,12H2,1-3H3. The van der Waals surface area contributed by atoms with Gasteiger partial charge in [0, 0.05) is 17.7 Å². The van der Waals surface area contributed by atoms with Crippen molar-refractivity contribution >= 4 is 11.7 Å². The number of hydrogen-bond donors (Lipinski definition) is 0. The van der Waals surface area contributed by atoms with Gasteiger partial charge in [-0.3, -0.25) is 9.59 Å². The lowest BCUT2D eigenvalue weighted by Crippen LogP contribution is -2.36. The number of carbonyl (C=O) groups excluding carboxylic acids is 2. The van der Waals surface area contributed by atoms with Gasteiger partial charge in [-0.05, 0) is 38.0 Å². The number of nitrogens with zero attached hydrogens (tertiary/aromatic N) is 1. The molecule has 1 aliphatic heterocycles. The molecule has 1 atom stereocenters. The fourth-order valence-corrected chi connectivity index (χ4v) is 3.39. The van der Waals surface area contributed by atoms with Crippen LogP contribution in [0, 0.1) is 6.92 Å². The van der Waals surface area contributed by atoms with Gasteiger partial charge in [0.15, 0.2) is 0 Å². The number of Topliss-reactive ketones (excluding diaryl/α,β-unsaturated/α-hetero) is 1. The highest BCUT2D eigenvalue weighted by molar-refractivity contribution is 6.42. The van der Waals surface area contributed by atoms with Crippen molar-refractivity contribution in [1.29, 1.82) is 0 Å². The molecule has 3 rings (SSSR count). The highest BCUT2D eigenvalue weighted by Gasteiger charge is 2.35. The highest BCUT2D eigenvalue weighted by Crippen LogP contribution is 2.39. The van der Waals surface area contributed by atoms with Crippen molar-refractivity contribution in [2.45, 2.75) is 25.8 Å². The number of benzene rings is 2. The molecule has 0 spiro atoms. The van der Waals surface area contributed by atoms with Crippen molar-refractivity contribution in [3.63, 3.8) is 0 Å². The molecule has 2 aromatic carbocycles. The monoisotopic (exact) mass is 353 g/mol. The second kappa shape index (κ2) is 7.60. The molecule has 1 fully saturated rings. The van der Waals surface area contributed by atoms with Crippen LogP contribution in [0.25, 0.3) is 0 Å². The Morgan fingerprint density at radius 3 is 2.42 bits per heavy atom. The summed E-state index contributed by atoms with van der Waals surface area (Å²) in [5.41, 5.74) is 2.34. The van der Waals surface area contributed by atoms with Gasteiger partial charge in [0.25, 0.3) is 5.91 Å². The van der Waals surface area contributed by atoms with E-state index in [9.17, 15) is 9.59 Å². The van der Waals surface area contributed by atoms with Crippen molar-refractivity contribution in [2.75, 3.05) is 20.8 Å². The van der Waals surface area contributed by atoms with Gasteiger partial charge in [-0.15, -0.1) is 0 Å². The predicted octanol–water partition coefficient (Wildman–Crippen LogP) is 3.56. The van der Waals surface area contributed by atoms with Gasteiger partial charge in [0.05, 0.1) is 20.3 Å². The summed E-state index contributed by atoms with van der Waals surface area (Å²) in [6.45, 7) is 2.50. The van der Waals surface area contributed by atoms with Crippen LogP contribution in [0.1, 0.15) is 40.4 Å². The van der Waals surface area contributed by atoms with E-state index in [0.717, 1.165) is 24.0 Å². The zero-order valence-corrected chi connectivity index (χ0v) is 15.3. The minimum atomic E-state index is -0.473. The molecule has 1 saturated heterocycles. The van der Waals surface area contributed by atoms with Crippen molar-refractivity contribution in [3.8, 4) is 11.5 Å². The molecule has 0 N–H and O–H groups in total. The van der Waals surface area contributed by atoms with Gasteiger partial charge in [-0.2, -0.15) is 0 Å². The number of ketones is 1. The molecule has 1 unspecified atom stereocenters. The molecule has 1 amide bonds. The summed E-state index contributed by atoms with van der Waals surface area (Å²) < 4.78 is 10.8. The van der Waals surface area contributed by atoms with E-state index in [1.54, 1.807) is 31.3 Å². The minimum absolute atomic E-state index is 0.193. The molecule has 0 radical (unpaired) electrons. The summed E-state index contributed by atoms with van der Waals surface area (Å²) in [4.78, 5) is 27.2. The van der Waals surface area contributed by atoms with Crippen LogP contribution in [0.5, 0.6) is 11.5 Å². The largest absolute Gasteiger partial charge is 0.497 e. The Bertz CT molecular complexity index is 813. The Morgan fingerprint density at radius 1 is 1.04 bits per heavy atom. The van der Waals surface area contributed by atoms with Crippen LogP contribution in [0.3, 0.4) is 0 Å². The van der Waals surface area contributed by atoms with E-state index in [4.69, 9.17) is 9.47 Å². The molecule has 0 bridgehead atoms. The lowest BCUT2D eigenvalue weighted by Gasteiger charge is -2.26. The summed E-state index contributed by atoms with van der Waals surface area (Å²) in [7, 11) is 3.20. The third kappa shape index (κ3) is 3.43. The Hall–Kier alpha value is -2.82. The number of methoxy groups -OCH3 is 2. The zero-order chi connectivity index (χ0) is 18.7. The van der Waals surface area contributed by atoms with Crippen molar-refractivity contribution in [2.24, 2.45) is 0 Å². The smallest absolute Gasteiger partial charge is 0.295 e. The summed E-state index contributed by atoms with van der Waals surface area (Å²) >= 11 is 0. The first kappa shape index (κ1) is 18.0. The molecule has 5 nitrogen and oxygen atoms in total. The van der Waals surface area contributed by atoms with Crippen LogP contribution in [0.4, 0.5) is 0 Å². The van der Waals surface area contributed by atoms with E-state index in [0.29, 0.717) is 23.6 Å². The number of aryl methyl sites for hydroxylation is 1. The van der Waals surface area contributed by atoms with Crippen LogP contribution >= 0.6 is 0 Å². The first-order valence-corrected chi connectivity index (χ1v) is 8.69. The van der Waals surface area contributed by atoms with Gasteiger partial charge in [-0.1, -0.05) is 29.8 Å². The third-order valence-electron chi connectivity index (χ3n) is 4.82. The average Bonchev–Trinajstić information content (AvgIpc) is 3.16. The maximum Gasteiger partial charge on any atom is 0.295 e. The summed E-state index contributed by atoms with van der Waals surface area (Å²) in [6, 6.07) is 12.4. The topological polar surface area (TPSA) is 55.8 Å². The molecule has 0 aromatic heterocycles. The molecule has 1 heterocycles. The molecule has 5 heteroatoms. The van der Waals surface area contributed by atoms with E-state index in [2.05, 4.69) is 0 Å². The van der Waals surface area contributed by atoms with E-state index in [1.807, 2.05) is 37.3 Å². The zero-order valence-electron chi connectivity index (χ0n) is 15.3. The SMILES string of the molecule is COc1ccc(OC)c(C2CCCN2C(=O)C(=O)c2ccc(C)cc2)c1. The Labute approximate surface area is 153 Å². The lowest BCUT2D eigenvalue weighted by molar-refractivity contribution is -0.127. The summed E-state index contributed by atoms with van der Waals surface area (Å²) in [5.74, 6) is 0.447. The molecule has 2 aromatic rings. The molecule has 1 aliphatic rings. The molecule has 26 heavy (non-hydrogen) atoms. The van der Waals surface area contributed by atoms with Crippen LogP contribution in [0.15, 0.2) is 42.5 Å². The first-order chi connectivity index (χ1) is 12.5. The van der Waals surface area contributed by atoms with E-state index < -0.39 is 11.7 Å². The van der Waals surface area contributed by atoms with Gasteiger partial charge < -0.3 is 14.4 Å². The Balaban J connectivity index is 1.89. The average molecular weight is 353 g/mol. The highest BCUT2D eigenvalue weighted by atomic mass is 16.5. The normalized spacial score (nSPS) is 16.4. The number of rotatable bonds is 5. The van der Waals surface area contributed by atoms with Gasteiger partial charge in [0.2, 0.25) is 5.78 Å². The number of carbonyl (C=O) groups is 2. The van der Waals surface area contributed by atoms with Gasteiger partial charge >= 0.3 is 0 Å². The third-order valence-corrected chi connectivity index (χ3v) is 4.82. The fourth-order valence-electron chi connectivity index (χ4n) is 3.39. The van der Waals surface area contributed by atoms with Crippen LogP contribution in [-0.4, -0.2) is 37.4 Å². The minimum Gasteiger partial charge on any atom is -0.497 e. The van der Waals surface area contributed by atoms with Crippen LogP contribution in [-0.2, 0) is 4.79 Å². The van der Waals surface area contributed by atoms with E-state index in [-0.39, 0.29) is 6.04 Å². The molecule has 136 valence electrons.